The van der Waals surface area contributed by atoms with E-state index in [1.807, 2.05) is 55.5 Å². The van der Waals surface area contributed by atoms with Crippen molar-refractivity contribution in [1.29, 1.82) is 0 Å². The van der Waals surface area contributed by atoms with E-state index in [1.165, 1.54) is 5.01 Å². The van der Waals surface area contributed by atoms with Gasteiger partial charge in [-0.05, 0) is 60.9 Å². The Balaban J connectivity index is 1.27. The first-order valence-electron chi connectivity index (χ1n) is 12.1. The average Bonchev–Trinajstić information content (AvgIpc) is 3.29. The molecule has 0 spiro atoms. The van der Waals surface area contributed by atoms with Crippen LogP contribution in [-0.2, 0) is 17.6 Å². The molecule has 1 aliphatic rings. The van der Waals surface area contributed by atoms with Crippen molar-refractivity contribution in [3.8, 4) is 17.2 Å². The molecule has 0 fully saturated rings. The Morgan fingerprint density at radius 3 is 2.54 bits per heavy atom. The Kier molecular flexibility index (Phi) is 7.00. The molecule has 1 aliphatic heterocycles. The number of fused-ring (bicyclic) bond motifs is 1. The third kappa shape index (κ3) is 5.39. The maximum atomic E-state index is 12.7. The van der Waals surface area contributed by atoms with Gasteiger partial charge in [0.1, 0.15) is 11.5 Å². The van der Waals surface area contributed by atoms with Gasteiger partial charge in [-0.3, -0.25) is 15.0 Å². The van der Waals surface area contributed by atoms with Gasteiger partial charge in [-0.1, -0.05) is 42.5 Å². The number of amides is 1. The van der Waals surface area contributed by atoms with E-state index in [2.05, 4.69) is 10.4 Å². The summed E-state index contributed by atoms with van der Waals surface area (Å²) in [6.45, 7) is 2.62. The number of carbonyl (C=O) groups is 2. The summed E-state index contributed by atoms with van der Waals surface area (Å²) in [5, 5.41) is 11.5. The van der Waals surface area contributed by atoms with Gasteiger partial charge in [0.2, 0.25) is 5.89 Å². The van der Waals surface area contributed by atoms with E-state index in [1.54, 1.807) is 30.3 Å². The Labute approximate surface area is 214 Å². The number of nitrogens with zero attached hydrogens (tertiary/aromatic N) is 2. The number of benzene rings is 3. The number of nitrogens with one attached hydrogen (secondary N) is 1. The van der Waals surface area contributed by atoms with Gasteiger partial charge >= 0.3 is 5.97 Å². The molecule has 8 nitrogen and oxygen atoms in total. The second kappa shape index (κ2) is 10.7. The maximum absolute atomic E-state index is 12.7. The fourth-order valence-electron chi connectivity index (χ4n) is 4.48. The fraction of sp³-hybridized carbons (Fsp3) is 0.207. The number of rotatable bonds is 8. The molecule has 1 amide bonds. The second-order valence-electron chi connectivity index (χ2n) is 8.84. The predicted molar refractivity (Wildman–Crippen MR) is 137 cm³/mol. The Bertz CT molecular complexity index is 1400. The highest BCUT2D eigenvalue weighted by Crippen LogP contribution is 2.32. The first kappa shape index (κ1) is 24.3. The zero-order valence-electron chi connectivity index (χ0n) is 20.4. The molecule has 2 N–H and O–H groups in total. The minimum absolute atomic E-state index is 0.347. The largest absolute Gasteiger partial charge is 0.493 e. The van der Waals surface area contributed by atoms with Gasteiger partial charge in [-0.25, -0.2) is 9.99 Å². The molecule has 0 radical (unpaired) electrons. The first-order valence-corrected chi connectivity index (χ1v) is 12.1. The van der Waals surface area contributed by atoms with E-state index in [4.69, 9.17) is 9.15 Å². The Morgan fingerprint density at radius 1 is 1.08 bits per heavy atom. The monoisotopic (exact) mass is 497 g/mol. The molecule has 5 rings (SSSR count). The van der Waals surface area contributed by atoms with Gasteiger partial charge in [0, 0.05) is 24.1 Å². The molecule has 0 saturated carbocycles. The van der Waals surface area contributed by atoms with Crippen molar-refractivity contribution >= 4 is 11.9 Å². The normalized spacial score (nSPS) is 15.1. The molecule has 8 heteroatoms. The van der Waals surface area contributed by atoms with Crippen LogP contribution in [0.25, 0.3) is 11.5 Å². The van der Waals surface area contributed by atoms with Crippen LogP contribution in [0, 0.1) is 6.92 Å². The number of carboxylic acid groups (broad SMARTS) is 1. The quantitative estimate of drug-likeness (QED) is 0.367. The zero-order chi connectivity index (χ0) is 25.8. The van der Waals surface area contributed by atoms with Gasteiger partial charge < -0.3 is 14.3 Å². The van der Waals surface area contributed by atoms with E-state index >= 15 is 0 Å². The van der Waals surface area contributed by atoms with Crippen LogP contribution in [0.4, 0.5) is 0 Å². The number of hydrogen-bond donors (Lipinski definition) is 2. The molecule has 188 valence electrons. The number of aromatic nitrogens is 1. The summed E-state index contributed by atoms with van der Waals surface area (Å²) < 4.78 is 11.8. The SMILES string of the molecule is Cc1oc(-c2ccccc2)nc1CCOc1ccc2c(c1)C(C(=O)O)N(NC(=O)c1ccccc1)CC2. The van der Waals surface area contributed by atoms with Crippen molar-refractivity contribution < 1.29 is 23.8 Å². The summed E-state index contributed by atoms with van der Waals surface area (Å²) in [7, 11) is 0. The fourth-order valence-corrected chi connectivity index (χ4v) is 4.48. The predicted octanol–water partition coefficient (Wildman–Crippen LogP) is 4.60. The minimum atomic E-state index is -1.04. The topological polar surface area (TPSA) is 105 Å². The molecule has 0 bridgehead atoms. The molecule has 1 atom stereocenters. The molecule has 37 heavy (non-hydrogen) atoms. The van der Waals surface area contributed by atoms with Gasteiger partial charge in [-0.2, -0.15) is 0 Å². The minimum Gasteiger partial charge on any atom is -0.493 e. The highest BCUT2D eigenvalue weighted by atomic mass is 16.5. The molecule has 0 aliphatic carbocycles. The first-order chi connectivity index (χ1) is 18.0. The standard InChI is InChI=1S/C29H27N3O5/c1-19-25(30-28(37-19)22-10-6-3-7-11-22)15-17-36-23-13-12-20-14-16-32(26(29(34)35)24(20)18-23)31-27(33)21-8-4-2-5-9-21/h2-13,18,26H,14-17H2,1H3,(H,31,33)(H,34,35). The second-order valence-corrected chi connectivity index (χ2v) is 8.84. The van der Waals surface area contributed by atoms with E-state index in [-0.39, 0.29) is 5.91 Å². The molecule has 2 heterocycles. The van der Waals surface area contributed by atoms with Gasteiger partial charge in [0.05, 0.1) is 12.3 Å². The van der Waals surface area contributed by atoms with E-state index in [0.29, 0.717) is 48.8 Å². The Hall–Kier alpha value is -4.43. The van der Waals surface area contributed by atoms with E-state index in [0.717, 1.165) is 22.6 Å². The molecular formula is C29H27N3O5. The molecule has 4 aromatic rings. The Morgan fingerprint density at radius 2 is 1.81 bits per heavy atom. The third-order valence-electron chi connectivity index (χ3n) is 6.38. The van der Waals surface area contributed by atoms with Crippen molar-refractivity contribution in [3.63, 3.8) is 0 Å². The lowest BCUT2D eigenvalue weighted by molar-refractivity contribution is -0.145. The molecule has 1 aromatic heterocycles. The summed E-state index contributed by atoms with van der Waals surface area (Å²) in [6.07, 6.45) is 1.15. The average molecular weight is 498 g/mol. The number of carbonyl (C=O) groups excluding carboxylic acids is 1. The highest BCUT2D eigenvalue weighted by molar-refractivity contribution is 5.94. The highest BCUT2D eigenvalue weighted by Gasteiger charge is 2.34. The number of ether oxygens (including phenoxy) is 1. The summed E-state index contributed by atoms with van der Waals surface area (Å²) in [5.41, 5.74) is 6.49. The van der Waals surface area contributed by atoms with E-state index < -0.39 is 12.0 Å². The van der Waals surface area contributed by atoms with Gasteiger partial charge in [0.15, 0.2) is 6.04 Å². The van der Waals surface area contributed by atoms with Crippen LogP contribution in [0.5, 0.6) is 5.75 Å². The van der Waals surface area contributed by atoms with Crippen LogP contribution in [0.3, 0.4) is 0 Å². The van der Waals surface area contributed by atoms with Crippen LogP contribution in [0.15, 0.2) is 83.3 Å². The zero-order valence-corrected chi connectivity index (χ0v) is 20.4. The van der Waals surface area contributed by atoms with Crippen LogP contribution in [-0.4, -0.2) is 40.1 Å². The van der Waals surface area contributed by atoms with Crippen molar-refractivity contribution in [1.82, 2.24) is 15.4 Å². The van der Waals surface area contributed by atoms with Crippen molar-refractivity contribution in [2.24, 2.45) is 0 Å². The van der Waals surface area contributed by atoms with E-state index in [9.17, 15) is 14.7 Å². The number of hydrazine groups is 1. The van der Waals surface area contributed by atoms with Crippen molar-refractivity contribution in [2.45, 2.75) is 25.8 Å². The lowest BCUT2D eigenvalue weighted by Crippen LogP contribution is -2.50. The van der Waals surface area contributed by atoms with Gasteiger partial charge in [0.25, 0.3) is 5.91 Å². The van der Waals surface area contributed by atoms with Gasteiger partial charge in [-0.15, -0.1) is 0 Å². The number of carboxylic acids is 1. The summed E-state index contributed by atoms with van der Waals surface area (Å²) >= 11 is 0. The summed E-state index contributed by atoms with van der Waals surface area (Å²) in [4.78, 5) is 29.5. The summed E-state index contributed by atoms with van der Waals surface area (Å²) in [6, 6.07) is 22.9. The number of hydrogen-bond acceptors (Lipinski definition) is 6. The van der Waals surface area contributed by atoms with Crippen molar-refractivity contribution in [3.05, 3.63) is 107 Å². The number of aryl methyl sites for hydroxylation is 1. The van der Waals surface area contributed by atoms with Crippen LogP contribution >= 0.6 is 0 Å². The molecular weight excluding hydrogens is 470 g/mol. The molecule has 0 saturated heterocycles. The lowest BCUT2D eigenvalue weighted by atomic mass is 9.93. The van der Waals surface area contributed by atoms with Crippen LogP contribution in [0.1, 0.15) is 39.0 Å². The third-order valence-corrected chi connectivity index (χ3v) is 6.38. The smallest absolute Gasteiger partial charge is 0.327 e. The van der Waals surface area contributed by atoms with Crippen LogP contribution in [0.2, 0.25) is 0 Å². The number of aliphatic carboxylic acids is 1. The lowest BCUT2D eigenvalue weighted by Gasteiger charge is -2.34. The number of oxazole rings is 1. The molecule has 3 aromatic carbocycles. The summed E-state index contributed by atoms with van der Waals surface area (Å²) in [5.74, 6) is 0.483. The molecule has 1 unspecified atom stereocenters. The van der Waals surface area contributed by atoms with Crippen LogP contribution < -0.4 is 10.2 Å². The maximum Gasteiger partial charge on any atom is 0.327 e. The van der Waals surface area contributed by atoms with Crippen molar-refractivity contribution in [2.75, 3.05) is 13.2 Å².